The first-order chi connectivity index (χ1) is 11.3. The number of benzene rings is 1. The lowest BCUT2D eigenvalue weighted by Crippen LogP contribution is -2.25. The van der Waals surface area contributed by atoms with Crippen LogP contribution in [0.2, 0.25) is 0 Å². The fourth-order valence-corrected chi connectivity index (χ4v) is 2.16. The molecule has 1 aromatic carbocycles. The maximum absolute atomic E-state index is 11.9. The van der Waals surface area contributed by atoms with Crippen LogP contribution in [-0.4, -0.2) is 32.4 Å². The van der Waals surface area contributed by atoms with Gasteiger partial charge >= 0.3 is 11.8 Å². The Kier molecular flexibility index (Phi) is 4.78. The molecule has 0 fully saturated rings. The van der Waals surface area contributed by atoms with Crippen LogP contribution >= 0.6 is 0 Å². The molecule has 0 saturated carbocycles. The Bertz CT molecular complexity index is 737. The van der Waals surface area contributed by atoms with E-state index in [2.05, 4.69) is 32.7 Å². The van der Waals surface area contributed by atoms with Gasteiger partial charge in [-0.2, -0.15) is 10.1 Å². The molecule has 1 amide bonds. The topological polar surface area (TPSA) is 85.8 Å². The predicted octanol–water partition coefficient (Wildman–Crippen LogP) is 1.68. The molecule has 0 spiro atoms. The molecule has 0 aliphatic carbocycles. The second-order valence-electron chi connectivity index (χ2n) is 5.06. The van der Waals surface area contributed by atoms with Crippen molar-refractivity contribution in [2.45, 2.75) is 19.4 Å². The Morgan fingerprint density at radius 2 is 2.09 bits per heavy atom. The summed E-state index contributed by atoms with van der Waals surface area (Å²) in [4.78, 5) is 16.0. The van der Waals surface area contributed by atoms with Crippen molar-refractivity contribution in [3.63, 3.8) is 0 Å². The predicted molar refractivity (Wildman–Crippen MR) is 82.7 cm³/mol. The summed E-state index contributed by atoms with van der Waals surface area (Å²) in [5.41, 5.74) is 1.25. The normalized spacial score (nSPS) is 10.6. The lowest BCUT2D eigenvalue weighted by atomic mass is 10.1. The summed E-state index contributed by atoms with van der Waals surface area (Å²) in [6.45, 7) is 0.933. The number of rotatable bonds is 7. The van der Waals surface area contributed by atoms with Crippen LogP contribution in [0.3, 0.4) is 0 Å². The molecule has 7 heteroatoms. The summed E-state index contributed by atoms with van der Waals surface area (Å²) in [6.07, 6.45) is 5.22. The Balaban J connectivity index is 1.44. The van der Waals surface area contributed by atoms with Crippen LogP contribution in [0.15, 0.2) is 53.3 Å². The van der Waals surface area contributed by atoms with Crippen LogP contribution in [0.1, 0.15) is 28.5 Å². The van der Waals surface area contributed by atoms with Crippen molar-refractivity contribution in [2.24, 2.45) is 0 Å². The van der Waals surface area contributed by atoms with E-state index in [9.17, 15) is 4.79 Å². The van der Waals surface area contributed by atoms with Crippen LogP contribution in [0.25, 0.3) is 0 Å². The van der Waals surface area contributed by atoms with Gasteiger partial charge < -0.3 is 9.84 Å². The SMILES string of the molecule is O=C(NCCCc1ccccc1)c1nc(Cn2cccn2)no1. The maximum atomic E-state index is 11.9. The van der Waals surface area contributed by atoms with Crippen LogP contribution in [0.5, 0.6) is 0 Å². The molecule has 1 N–H and O–H groups in total. The average Bonchev–Trinajstić information content (AvgIpc) is 3.25. The smallest absolute Gasteiger partial charge is 0.316 e. The van der Waals surface area contributed by atoms with Crippen molar-refractivity contribution in [1.29, 1.82) is 0 Å². The monoisotopic (exact) mass is 311 g/mol. The minimum atomic E-state index is -0.350. The van der Waals surface area contributed by atoms with E-state index in [0.29, 0.717) is 18.9 Å². The third kappa shape index (κ3) is 4.26. The maximum Gasteiger partial charge on any atom is 0.316 e. The number of hydrogen-bond donors (Lipinski definition) is 1. The molecular weight excluding hydrogens is 294 g/mol. The largest absolute Gasteiger partial charge is 0.348 e. The van der Waals surface area contributed by atoms with Gasteiger partial charge in [0.15, 0.2) is 5.82 Å². The number of nitrogens with zero attached hydrogens (tertiary/aromatic N) is 4. The van der Waals surface area contributed by atoms with E-state index in [1.165, 1.54) is 5.56 Å². The molecule has 0 bridgehead atoms. The van der Waals surface area contributed by atoms with Gasteiger partial charge in [-0.1, -0.05) is 35.5 Å². The molecule has 23 heavy (non-hydrogen) atoms. The summed E-state index contributed by atoms with van der Waals surface area (Å²) in [6, 6.07) is 12.0. The van der Waals surface area contributed by atoms with Gasteiger partial charge in [-0.3, -0.25) is 9.48 Å². The Morgan fingerprint density at radius 1 is 1.22 bits per heavy atom. The number of hydrogen-bond acceptors (Lipinski definition) is 5. The lowest BCUT2D eigenvalue weighted by Gasteiger charge is -2.02. The van der Waals surface area contributed by atoms with Gasteiger partial charge in [0.1, 0.15) is 6.54 Å². The Morgan fingerprint density at radius 3 is 2.87 bits per heavy atom. The van der Waals surface area contributed by atoms with Gasteiger partial charge in [0, 0.05) is 18.9 Å². The second-order valence-corrected chi connectivity index (χ2v) is 5.06. The van der Waals surface area contributed by atoms with Crippen molar-refractivity contribution < 1.29 is 9.32 Å². The minimum absolute atomic E-state index is 0.0214. The van der Waals surface area contributed by atoms with Crippen LogP contribution < -0.4 is 5.32 Å². The number of nitrogens with one attached hydrogen (secondary N) is 1. The van der Waals surface area contributed by atoms with E-state index in [1.54, 1.807) is 23.1 Å². The molecular formula is C16H17N5O2. The first-order valence-corrected chi connectivity index (χ1v) is 7.43. The van der Waals surface area contributed by atoms with E-state index >= 15 is 0 Å². The van der Waals surface area contributed by atoms with E-state index < -0.39 is 0 Å². The number of amides is 1. The van der Waals surface area contributed by atoms with Crippen LogP contribution in [0.4, 0.5) is 0 Å². The number of carbonyl (C=O) groups is 1. The van der Waals surface area contributed by atoms with Crippen molar-refractivity contribution in [3.05, 3.63) is 66.1 Å². The zero-order chi connectivity index (χ0) is 15.9. The van der Waals surface area contributed by atoms with E-state index in [1.807, 2.05) is 18.2 Å². The Labute approximate surface area is 133 Å². The highest BCUT2D eigenvalue weighted by Gasteiger charge is 2.14. The van der Waals surface area contributed by atoms with Crippen LogP contribution in [-0.2, 0) is 13.0 Å². The molecule has 2 aromatic heterocycles. The highest BCUT2D eigenvalue weighted by atomic mass is 16.5. The van der Waals surface area contributed by atoms with Crippen molar-refractivity contribution in [3.8, 4) is 0 Å². The lowest BCUT2D eigenvalue weighted by molar-refractivity contribution is 0.0909. The van der Waals surface area contributed by atoms with Gasteiger partial charge in [-0.15, -0.1) is 0 Å². The fraction of sp³-hybridized carbons (Fsp3) is 0.250. The fourth-order valence-electron chi connectivity index (χ4n) is 2.16. The number of aromatic nitrogens is 4. The first-order valence-electron chi connectivity index (χ1n) is 7.43. The molecule has 0 unspecified atom stereocenters. The van der Waals surface area contributed by atoms with E-state index in [0.717, 1.165) is 12.8 Å². The van der Waals surface area contributed by atoms with Crippen LogP contribution in [0, 0.1) is 0 Å². The summed E-state index contributed by atoms with van der Waals surface area (Å²) < 4.78 is 6.64. The van der Waals surface area contributed by atoms with Crippen molar-refractivity contribution in [1.82, 2.24) is 25.2 Å². The molecule has 0 aliphatic rings. The third-order valence-electron chi connectivity index (χ3n) is 3.30. The Hall–Kier alpha value is -2.96. The number of carbonyl (C=O) groups excluding carboxylic acids is 1. The molecule has 2 heterocycles. The zero-order valence-corrected chi connectivity index (χ0v) is 12.6. The standard InChI is InChI=1S/C16H17N5O2/c22-15(17-9-4-8-13-6-2-1-3-7-13)16-19-14(20-23-16)12-21-11-5-10-18-21/h1-3,5-7,10-11H,4,8-9,12H2,(H,17,22). The van der Waals surface area contributed by atoms with E-state index in [-0.39, 0.29) is 11.8 Å². The van der Waals surface area contributed by atoms with Gasteiger partial charge in [0.05, 0.1) is 0 Å². The number of aryl methyl sites for hydroxylation is 1. The highest BCUT2D eigenvalue weighted by Crippen LogP contribution is 2.02. The molecule has 3 rings (SSSR count). The molecule has 7 nitrogen and oxygen atoms in total. The first kappa shape index (κ1) is 15.0. The van der Waals surface area contributed by atoms with Gasteiger partial charge in [-0.25, -0.2) is 0 Å². The summed E-state index contributed by atoms with van der Waals surface area (Å²) in [5.74, 6) is 0.0484. The van der Waals surface area contributed by atoms with Gasteiger partial charge in [0.25, 0.3) is 0 Å². The molecule has 0 saturated heterocycles. The zero-order valence-electron chi connectivity index (χ0n) is 12.6. The van der Waals surface area contributed by atoms with Gasteiger partial charge in [-0.05, 0) is 24.5 Å². The third-order valence-corrected chi connectivity index (χ3v) is 3.30. The van der Waals surface area contributed by atoms with Gasteiger partial charge in [0.2, 0.25) is 0 Å². The molecule has 0 radical (unpaired) electrons. The quantitative estimate of drug-likeness (QED) is 0.671. The summed E-state index contributed by atoms with van der Waals surface area (Å²) in [5, 5.41) is 10.6. The molecule has 3 aromatic rings. The molecule has 0 atom stereocenters. The van der Waals surface area contributed by atoms with Crippen molar-refractivity contribution >= 4 is 5.91 Å². The highest BCUT2D eigenvalue weighted by molar-refractivity contribution is 5.89. The molecule has 118 valence electrons. The van der Waals surface area contributed by atoms with Crippen molar-refractivity contribution in [2.75, 3.05) is 6.54 Å². The summed E-state index contributed by atoms with van der Waals surface area (Å²) >= 11 is 0. The summed E-state index contributed by atoms with van der Waals surface area (Å²) in [7, 11) is 0. The van der Waals surface area contributed by atoms with E-state index in [4.69, 9.17) is 4.52 Å². The average molecular weight is 311 g/mol. The molecule has 0 aliphatic heterocycles. The minimum Gasteiger partial charge on any atom is -0.348 e. The second kappa shape index (κ2) is 7.35.